The molecule has 1 aromatic carbocycles. The number of nitrogens with one attached hydrogen (secondary N) is 1. The molecule has 0 aliphatic carbocycles. The zero-order chi connectivity index (χ0) is 12.3. The number of hydrogen-bond acceptors (Lipinski definition) is 3. The number of para-hydroxylation sites is 1. The van der Waals surface area contributed by atoms with Gasteiger partial charge in [0.2, 0.25) is 0 Å². The van der Waals surface area contributed by atoms with Gasteiger partial charge in [0.15, 0.2) is 0 Å². The van der Waals surface area contributed by atoms with Crippen LogP contribution in [0.1, 0.15) is 31.3 Å². The van der Waals surface area contributed by atoms with Crippen LogP contribution >= 0.6 is 11.3 Å². The molecule has 0 amide bonds. The fourth-order valence-corrected chi connectivity index (χ4v) is 2.87. The Hall–Kier alpha value is -1.19. The van der Waals surface area contributed by atoms with Gasteiger partial charge < -0.3 is 5.32 Å². The predicted octanol–water partition coefficient (Wildman–Crippen LogP) is 3.91. The fraction of sp³-hybridized carbons (Fsp3) is 0.357. The number of thiazole rings is 1. The van der Waals surface area contributed by atoms with Crippen molar-refractivity contribution in [3.63, 3.8) is 0 Å². The highest BCUT2D eigenvalue weighted by Crippen LogP contribution is 2.26. The maximum Gasteiger partial charge on any atom is 0.111 e. The predicted molar refractivity (Wildman–Crippen MR) is 75.4 cm³/mol. The Morgan fingerprint density at radius 2 is 2.18 bits per heavy atom. The first-order valence-electron chi connectivity index (χ1n) is 5.93. The van der Waals surface area contributed by atoms with Gasteiger partial charge in [-0.1, -0.05) is 18.2 Å². The maximum absolute atomic E-state index is 4.66. The van der Waals surface area contributed by atoms with Gasteiger partial charge in [-0.3, -0.25) is 0 Å². The lowest BCUT2D eigenvalue weighted by atomic mass is 10.2. The summed E-state index contributed by atoms with van der Waals surface area (Å²) in [5.41, 5.74) is 1.09. The summed E-state index contributed by atoms with van der Waals surface area (Å²) < 4.78 is 1.26. The van der Waals surface area contributed by atoms with E-state index in [1.165, 1.54) is 4.70 Å². The van der Waals surface area contributed by atoms with E-state index in [-0.39, 0.29) is 0 Å². The van der Waals surface area contributed by atoms with Gasteiger partial charge in [-0.05, 0) is 32.4 Å². The van der Waals surface area contributed by atoms with E-state index in [9.17, 15) is 0 Å². The Bertz CT molecular complexity index is 471. The van der Waals surface area contributed by atoms with Gasteiger partial charge in [0.25, 0.3) is 0 Å². The average Bonchev–Trinajstić information content (AvgIpc) is 2.72. The molecule has 0 saturated carbocycles. The minimum absolute atomic E-state index is 0.294. The van der Waals surface area contributed by atoms with Crippen molar-refractivity contribution in [3.05, 3.63) is 41.9 Å². The summed E-state index contributed by atoms with van der Waals surface area (Å²) >= 11 is 1.77. The lowest BCUT2D eigenvalue weighted by Crippen LogP contribution is -2.28. The van der Waals surface area contributed by atoms with Crippen molar-refractivity contribution in [3.8, 4) is 0 Å². The first-order valence-corrected chi connectivity index (χ1v) is 6.74. The quantitative estimate of drug-likeness (QED) is 0.809. The van der Waals surface area contributed by atoms with Crippen LogP contribution in [0.2, 0.25) is 0 Å². The first-order chi connectivity index (χ1) is 8.20. The monoisotopic (exact) mass is 246 g/mol. The van der Waals surface area contributed by atoms with Gasteiger partial charge in [-0.25, -0.2) is 4.98 Å². The third-order valence-corrected chi connectivity index (χ3v) is 3.95. The van der Waals surface area contributed by atoms with Crippen LogP contribution in [0, 0.1) is 0 Å². The number of benzene rings is 1. The smallest absolute Gasteiger partial charge is 0.111 e. The van der Waals surface area contributed by atoms with Crippen molar-refractivity contribution >= 4 is 21.6 Å². The van der Waals surface area contributed by atoms with E-state index in [0.717, 1.165) is 16.9 Å². The van der Waals surface area contributed by atoms with Crippen LogP contribution in [-0.4, -0.2) is 11.0 Å². The summed E-state index contributed by atoms with van der Waals surface area (Å²) in [6.07, 6.45) is 2.93. The summed E-state index contributed by atoms with van der Waals surface area (Å²) in [6.45, 7) is 8.10. The van der Waals surface area contributed by atoms with E-state index in [1.54, 1.807) is 11.3 Å². The molecule has 2 atom stereocenters. The van der Waals surface area contributed by atoms with Crippen molar-refractivity contribution in [2.24, 2.45) is 0 Å². The van der Waals surface area contributed by atoms with Gasteiger partial charge in [0.1, 0.15) is 5.01 Å². The van der Waals surface area contributed by atoms with E-state index in [0.29, 0.717) is 12.1 Å². The Kier molecular flexibility index (Phi) is 3.92. The Balaban J connectivity index is 2.13. The molecule has 1 N–H and O–H groups in total. The van der Waals surface area contributed by atoms with E-state index in [2.05, 4.69) is 48.9 Å². The molecule has 0 saturated heterocycles. The first kappa shape index (κ1) is 12.3. The normalized spacial score (nSPS) is 14.7. The van der Waals surface area contributed by atoms with Gasteiger partial charge in [-0.15, -0.1) is 17.9 Å². The van der Waals surface area contributed by atoms with Crippen molar-refractivity contribution in [1.82, 2.24) is 10.3 Å². The molecule has 0 aliphatic heterocycles. The number of rotatable bonds is 5. The van der Waals surface area contributed by atoms with Crippen molar-refractivity contribution < 1.29 is 0 Å². The molecule has 3 heteroatoms. The van der Waals surface area contributed by atoms with Crippen LogP contribution in [0.4, 0.5) is 0 Å². The average molecular weight is 246 g/mol. The Morgan fingerprint density at radius 1 is 1.41 bits per heavy atom. The molecule has 2 aromatic rings. The van der Waals surface area contributed by atoms with Gasteiger partial charge >= 0.3 is 0 Å². The van der Waals surface area contributed by atoms with Crippen molar-refractivity contribution in [2.45, 2.75) is 32.4 Å². The maximum atomic E-state index is 4.66. The van der Waals surface area contributed by atoms with Gasteiger partial charge in [0.05, 0.1) is 16.3 Å². The van der Waals surface area contributed by atoms with Crippen LogP contribution in [0.5, 0.6) is 0 Å². The molecule has 0 fully saturated rings. The number of hydrogen-bond donors (Lipinski definition) is 1. The molecular formula is C14H18N2S. The zero-order valence-corrected chi connectivity index (χ0v) is 11.1. The van der Waals surface area contributed by atoms with Crippen LogP contribution in [0.25, 0.3) is 10.2 Å². The lowest BCUT2D eigenvalue weighted by Gasteiger charge is -2.16. The topological polar surface area (TPSA) is 24.9 Å². The molecule has 90 valence electrons. The van der Waals surface area contributed by atoms with Crippen LogP contribution in [0.3, 0.4) is 0 Å². The largest absolute Gasteiger partial charge is 0.305 e. The van der Waals surface area contributed by atoms with E-state index >= 15 is 0 Å². The Labute approximate surface area is 106 Å². The highest BCUT2D eigenvalue weighted by Gasteiger charge is 2.12. The lowest BCUT2D eigenvalue weighted by molar-refractivity contribution is 0.482. The molecule has 2 rings (SSSR count). The van der Waals surface area contributed by atoms with Crippen molar-refractivity contribution in [1.29, 1.82) is 0 Å². The SMILES string of the molecule is C=CCC(C)NC(C)c1nc2ccccc2s1. The molecule has 0 aliphatic rings. The van der Waals surface area contributed by atoms with Crippen LogP contribution in [-0.2, 0) is 0 Å². The molecule has 0 radical (unpaired) electrons. The molecule has 2 nitrogen and oxygen atoms in total. The molecule has 1 aromatic heterocycles. The second kappa shape index (κ2) is 5.43. The van der Waals surface area contributed by atoms with Gasteiger partial charge in [0, 0.05) is 6.04 Å². The number of fused-ring (bicyclic) bond motifs is 1. The second-order valence-electron chi connectivity index (χ2n) is 4.33. The summed E-state index contributed by atoms with van der Waals surface area (Å²) in [5.74, 6) is 0. The molecule has 0 spiro atoms. The summed E-state index contributed by atoms with van der Waals surface area (Å²) in [6, 6.07) is 9.01. The van der Waals surface area contributed by atoms with Crippen LogP contribution in [0.15, 0.2) is 36.9 Å². The standard InChI is InChI=1S/C14H18N2S/c1-4-7-10(2)15-11(3)14-16-12-8-5-6-9-13(12)17-14/h4-6,8-11,15H,1,7H2,2-3H3. The number of nitrogens with zero attached hydrogens (tertiary/aromatic N) is 1. The zero-order valence-electron chi connectivity index (χ0n) is 10.3. The summed E-state index contributed by atoms with van der Waals surface area (Å²) in [7, 11) is 0. The fourth-order valence-electron chi connectivity index (χ4n) is 1.89. The highest BCUT2D eigenvalue weighted by molar-refractivity contribution is 7.18. The summed E-state index contributed by atoms with van der Waals surface area (Å²) in [5, 5.41) is 4.69. The second-order valence-corrected chi connectivity index (χ2v) is 5.40. The van der Waals surface area contributed by atoms with Gasteiger partial charge in [-0.2, -0.15) is 0 Å². The van der Waals surface area contributed by atoms with Crippen molar-refractivity contribution in [2.75, 3.05) is 0 Å². The van der Waals surface area contributed by atoms with E-state index < -0.39 is 0 Å². The molecule has 17 heavy (non-hydrogen) atoms. The minimum atomic E-state index is 0.294. The third-order valence-electron chi connectivity index (χ3n) is 2.74. The van der Waals surface area contributed by atoms with Crippen LogP contribution < -0.4 is 5.32 Å². The number of aromatic nitrogens is 1. The minimum Gasteiger partial charge on any atom is -0.305 e. The molecule has 0 bridgehead atoms. The Morgan fingerprint density at radius 3 is 2.88 bits per heavy atom. The molecule has 2 unspecified atom stereocenters. The molecule has 1 heterocycles. The highest BCUT2D eigenvalue weighted by atomic mass is 32.1. The molecular weight excluding hydrogens is 228 g/mol. The third kappa shape index (κ3) is 2.93. The summed E-state index contributed by atoms with van der Waals surface area (Å²) in [4.78, 5) is 4.66. The van der Waals surface area contributed by atoms with E-state index in [1.807, 2.05) is 12.1 Å². The van der Waals surface area contributed by atoms with E-state index in [4.69, 9.17) is 0 Å².